The van der Waals surface area contributed by atoms with Gasteiger partial charge in [-0.3, -0.25) is 25.0 Å². The Bertz CT molecular complexity index is 1110. The van der Waals surface area contributed by atoms with Crippen molar-refractivity contribution in [2.75, 3.05) is 6.61 Å². The van der Waals surface area contributed by atoms with Crippen molar-refractivity contribution in [3.63, 3.8) is 0 Å². The first-order valence-corrected chi connectivity index (χ1v) is 11.1. The first kappa shape index (κ1) is 25.8. The molecule has 0 aliphatic carbocycles. The van der Waals surface area contributed by atoms with Gasteiger partial charge in [-0.25, -0.2) is 0 Å². The van der Waals surface area contributed by atoms with E-state index in [0.717, 1.165) is 31.2 Å². The van der Waals surface area contributed by atoms with Crippen LogP contribution in [0.4, 0.5) is 18.9 Å². The molecule has 2 aromatic carbocycles. The highest BCUT2D eigenvalue weighted by atomic mass is 79.9. The summed E-state index contributed by atoms with van der Waals surface area (Å²) in [4.78, 5) is 36.9. The van der Waals surface area contributed by atoms with Gasteiger partial charge in [-0.15, -0.1) is 0 Å². The van der Waals surface area contributed by atoms with Gasteiger partial charge in [0.15, 0.2) is 5.78 Å². The number of nitrogens with zero attached hydrogens (tertiary/aromatic N) is 1. The van der Waals surface area contributed by atoms with E-state index in [-0.39, 0.29) is 23.4 Å². The number of carbonyl (C=O) groups is 2. The highest BCUT2D eigenvalue weighted by Gasteiger charge is 2.73. The fraction of sp³-hybridized carbons (Fsp3) is 0.391. The number of esters is 1. The molecule has 1 aliphatic rings. The molecule has 0 radical (unpaired) electrons. The van der Waals surface area contributed by atoms with Crippen LogP contribution in [-0.2, 0) is 9.53 Å². The van der Waals surface area contributed by atoms with Gasteiger partial charge in [0.1, 0.15) is 5.54 Å². The number of Topliss-reactive ketones (excluding diaryl/α,β-unsaturated/α-hetero) is 1. The molecule has 0 saturated carbocycles. The zero-order chi connectivity index (χ0) is 25.5. The Kier molecular flexibility index (Phi) is 6.92. The van der Waals surface area contributed by atoms with E-state index in [9.17, 15) is 32.9 Å². The Balaban J connectivity index is 2.23. The van der Waals surface area contributed by atoms with E-state index in [4.69, 9.17) is 4.74 Å². The van der Waals surface area contributed by atoms with Crippen molar-refractivity contribution >= 4 is 33.4 Å². The van der Waals surface area contributed by atoms with Crippen molar-refractivity contribution in [1.82, 2.24) is 5.32 Å². The third-order valence-corrected chi connectivity index (χ3v) is 6.89. The van der Waals surface area contributed by atoms with Crippen LogP contribution >= 0.6 is 15.9 Å². The van der Waals surface area contributed by atoms with Crippen molar-refractivity contribution in [3.05, 3.63) is 74.2 Å². The van der Waals surface area contributed by atoms with Crippen LogP contribution in [0.2, 0.25) is 0 Å². The summed E-state index contributed by atoms with van der Waals surface area (Å²) >= 11 is 3.25. The monoisotopic (exact) mass is 542 g/mol. The second kappa shape index (κ2) is 9.10. The molecule has 7 nitrogen and oxygen atoms in total. The van der Waals surface area contributed by atoms with E-state index < -0.39 is 45.8 Å². The van der Waals surface area contributed by atoms with Gasteiger partial charge >= 0.3 is 12.1 Å². The zero-order valence-corrected chi connectivity index (χ0v) is 20.1. The SMILES string of the molecule is CCOC(=O)[C@@]1(C)N[C@@H](c2ccc(Br)cc2)[C@](C)(C(F)(F)F)[C@H]1C(=O)c1ccc([N+](=O)[O-])cc1. The van der Waals surface area contributed by atoms with Gasteiger partial charge in [-0.05, 0) is 50.6 Å². The van der Waals surface area contributed by atoms with E-state index in [1.807, 2.05) is 0 Å². The van der Waals surface area contributed by atoms with Crippen LogP contribution in [0.3, 0.4) is 0 Å². The molecule has 11 heteroatoms. The molecule has 0 bridgehead atoms. The molecule has 2 aromatic rings. The largest absolute Gasteiger partial charge is 0.465 e. The van der Waals surface area contributed by atoms with Gasteiger partial charge in [-0.2, -0.15) is 13.2 Å². The van der Waals surface area contributed by atoms with Crippen LogP contribution in [0.1, 0.15) is 42.7 Å². The molecule has 34 heavy (non-hydrogen) atoms. The molecule has 1 fully saturated rings. The molecule has 0 unspecified atom stereocenters. The van der Waals surface area contributed by atoms with Gasteiger partial charge < -0.3 is 4.74 Å². The molecule has 1 aliphatic heterocycles. The number of rotatable bonds is 6. The quantitative estimate of drug-likeness (QED) is 0.227. The van der Waals surface area contributed by atoms with Crippen LogP contribution in [0.25, 0.3) is 0 Å². The molecule has 0 spiro atoms. The Morgan fingerprint density at radius 3 is 2.15 bits per heavy atom. The van der Waals surface area contributed by atoms with Gasteiger partial charge in [0, 0.05) is 28.2 Å². The predicted octanol–water partition coefficient (Wildman–Crippen LogP) is 5.39. The number of halogens is 4. The number of benzene rings is 2. The van der Waals surface area contributed by atoms with E-state index in [0.29, 0.717) is 4.47 Å². The number of alkyl halides is 3. The maximum absolute atomic E-state index is 14.8. The molecular formula is C23H22BrF3N2O5. The zero-order valence-electron chi connectivity index (χ0n) is 18.5. The van der Waals surface area contributed by atoms with Crippen molar-refractivity contribution in [2.24, 2.45) is 11.3 Å². The van der Waals surface area contributed by atoms with Crippen molar-refractivity contribution in [3.8, 4) is 0 Å². The molecule has 182 valence electrons. The minimum absolute atomic E-state index is 0.0970. The van der Waals surface area contributed by atoms with Crippen molar-refractivity contribution in [1.29, 1.82) is 0 Å². The number of nitrogens with one attached hydrogen (secondary N) is 1. The number of ether oxygens (including phenoxy) is 1. The second-order valence-electron chi connectivity index (χ2n) is 8.43. The molecule has 0 aromatic heterocycles. The normalized spacial score (nSPS) is 26.8. The number of carbonyl (C=O) groups excluding carboxylic acids is 2. The van der Waals surface area contributed by atoms with Gasteiger partial charge in [-0.1, -0.05) is 28.1 Å². The second-order valence-corrected chi connectivity index (χ2v) is 9.35. The number of non-ortho nitro benzene ring substituents is 1. The van der Waals surface area contributed by atoms with Gasteiger partial charge in [0.25, 0.3) is 5.69 Å². The minimum atomic E-state index is -4.91. The summed E-state index contributed by atoms with van der Waals surface area (Å²) in [5.74, 6) is -3.89. The molecular weight excluding hydrogens is 521 g/mol. The molecule has 0 amide bonds. The van der Waals surface area contributed by atoms with Gasteiger partial charge in [0.2, 0.25) is 0 Å². The lowest BCUT2D eigenvalue weighted by Gasteiger charge is -2.39. The Hall–Kier alpha value is -2.79. The van der Waals surface area contributed by atoms with Crippen LogP contribution in [0.15, 0.2) is 53.0 Å². The Morgan fingerprint density at radius 2 is 1.68 bits per heavy atom. The summed E-state index contributed by atoms with van der Waals surface area (Å²) in [6.45, 7) is 3.55. The smallest absolute Gasteiger partial charge is 0.396 e. The van der Waals surface area contributed by atoms with Crippen LogP contribution in [0.5, 0.6) is 0 Å². The number of hydrogen-bond donors (Lipinski definition) is 1. The summed E-state index contributed by atoms with van der Waals surface area (Å²) in [6.07, 6.45) is -4.91. The highest BCUT2D eigenvalue weighted by Crippen LogP contribution is 2.61. The summed E-state index contributed by atoms with van der Waals surface area (Å²) < 4.78 is 50.2. The van der Waals surface area contributed by atoms with E-state index in [1.165, 1.54) is 26.0 Å². The molecule has 1 saturated heterocycles. The van der Waals surface area contributed by atoms with Crippen molar-refractivity contribution in [2.45, 2.75) is 38.5 Å². The van der Waals surface area contributed by atoms with E-state index in [2.05, 4.69) is 21.2 Å². The van der Waals surface area contributed by atoms with Crippen molar-refractivity contribution < 1.29 is 32.4 Å². The maximum atomic E-state index is 14.8. The third kappa shape index (κ3) is 4.22. The Morgan fingerprint density at radius 1 is 1.12 bits per heavy atom. The highest BCUT2D eigenvalue weighted by molar-refractivity contribution is 9.10. The lowest BCUT2D eigenvalue weighted by Crippen LogP contribution is -2.56. The third-order valence-electron chi connectivity index (χ3n) is 6.36. The summed E-state index contributed by atoms with van der Waals surface area (Å²) in [6, 6.07) is 8.91. The molecule has 3 rings (SSSR count). The average Bonchev–Trinajstić information content (AvgIpc) is 3.03. The predicted molar refractivity (Wildman–Crippen MR) is 120 cm³/mol. The standard InChI is InChI=1S/C23H22BrF3N2O5/c1-4-34-20(31)22(3)18(17(30)13-7-11-16(12-8-13)29(32)33)21(2,23(25,26)27)19(28-22)14-5-9-15(24)10-6-14/h5-12,18-19,28H,4H2,1-3H3/t18-,19+,21-,22+/m1/s1. The van der Waals surface area contributed by atoms with Crippen LogP contribution in [-0.4, -0.2) is 35.0 Å². The van der Waals surface area contributed by atoms with E-state index >= 15 is 0 Å². The fourth-order valence-electron chi connectivity index (χ4n) is 4.62. The lowest BCUT2D eigenvalue weighted by molar-refractivity contribution is -0.384. The van der Waals surface area contributed by atoms with E-state index in [1.54, 1.807) is 12.1 Å². The summed E-state index contributed by atoms with van der Waals surface area (Å²) in [5.41, 5.74) is -5.02. The minimum Gasteiger partial charge on any atom is -0.465 e. The van der Waals surface area contributed by atoms with Crippen LogP contribution < -0.4 is 5.32 Å². The molecule has 1 N–H and O–H groups in total. The number of nitro benzene ring substituents is 1. The number of ketones is 1. The first-order chi connectivity index (χ1) is 15.8. The maximum Gasteiger partial charge on any atom is 0.396 e. The average molecular weight is 543 g/mol. The number of hydrogen-bond acceptors (Lipinski definition) is 6. The molecule has 1 heterocycles. The summed E-state index contributed by atoms with van der Waals surface area (Å²) in [5, 5.41) is 13.7. The first-order valence-electron chi connectivity index (χ1n) is 10.3. The number of nitro groups is 1. The molecule has 4 atom stereocenters. The lowest BCUT2D eigenvalue weighted by atomic mass is 9.64. The summed E-state index contributed by atoms with van der Waals surface area (Å²) in [7, 11) is 0. The van der Waals surface area contributed by atoms with Crippen LogP contribution in [0, 0.1) is 21.4 Å². The fourth-order valence-corrected chi connectivity index (χ4v) is 4.88. The Labute approximate surface area is 202 Å². The topological polar surface area (TPSA) is 98.5 Å². The van der Waals surface area contributed by atoms with Gasteiger partial charge in [0.05, 0.1) is 22.9 Å².